The van der Waals surface area contributed by atoms with Crippen molar-refractivity contribution in [3.05, 3.63) is 22.6 Å². The molecule has 1 aromatic heterocycles. The fourth-order valence-corrected chi connectivity index (χ4v) is 2.77. The SMILES string of the molecule is CNC(C)CCCCn1ncc(N2CCCCC2)cc1=O. The van der Waals surface area contributed by atoms with Crippen LogP contribution in [0.5, 0.6) is 0 Å². The lowest BCUT2D eigenvalue weighted by atomic mass is 10.1. The van der Waals surface area contributed by atoms with Crippen LogP contribution >= 0.6 is 0 Å². The van der Waals surface area contributed by atoms with Crippen LogP contribution < -0.4 is 15.8 Å². The van der Waals surface area contributed by atoms with E-state index >= 15 is 0 Å². The van der Waals surface area contributed by atoms with Crippen LogP contribution in [0.2, 0.25) is 0 Å². The highest BCUT2D eigenvalue weighted by molar-refractivity contribution is 5.43. The predicted molar refractivity (Wildman–Crippen MR) is 86.9 cm³/mol. The first-order valence-corrected chi connectivity index (χ1v) is 8.20. The molecule has 1 aliphatic heterocycles. The third kappa shape index (κ3) is 4.84. The second-order valence-electron chi connectivity index (χ2n) is 6.01. The summed E-state index contributed by atoms with van der Waals surface area (Å²) in [6.45, 7) is 4.99. The first-order valence-electron chi connectivity index (χ1n) is 8.20. The van der Waals surface area contributed by atoms with Gasteiger partial charge in [-0.25, -0.2) is 4.68 Å². The molecular formula is C16H28N4O. The van der Waals surface area contributed by atoms with Crippen LogP contribution in [0.15, 0.2) is 17.1 Å². The zero-order valence-electron chi connectivity index (χ0n) is 13.3. The smallest absolute Gasteiger partial charge is 0.268 e. The van der Waals surface area contributed by atoms with Gasteiger partial charge in [-0.2, -0.15) is 5.10 Å². The van der Waals surface area contributed by atoms with Crippen molar-refractivity contribution in [2.45, 2.75) is 58.0 Å². The highest BCUT2D eigenvalue weighted by atomic mass is 16.1. The normalized spacial score (nSPS) is 17.0. The molecule has 0 bridgehead atoms. The molecule has 1 atom stereocenters. The largest absolute Gasteiger partial charge is 0.370 e. The van der Waals surface area contributed by atoms with Gasteiger partial charge in [0.15, 0.2) is 0 Å². The molecule has 21 heavy (non-hydrogen) atoms. The van der Waals surface area contributed by atoms with Gasteiger partial charge < -0.3 is 10.2 Å². The molecule has 118 valence electrons. The molecule has 0 aliphatic carbocycles. The van der Waals surface area contributed by atoms with Crippen LogP contribution in [0.4, 0.5) is 5.69 Å². The van der Waals surface area contributed by atoms with Crippen molar-refractivity contribution in [3.63, 3.8) is 0 Å². The predicted octanol–water partition coefficient (Wildman–Crippen LogP) is 2.01. The number of hydrogen-bond acceptors (Lipinski definition) is 4. The summed E-state index contributed by atoms with van der Waals surface area (Å²) in [5.74, 6) is 0. The summed E-state index contributed by atoms with van der Waals surface area (Å²) >= 11 is 0. The third-order valence-electron chi connectivity index (χ3n) is 4.33. The molecule has 2 heterocycles. The minimum Gasteiger partial charge on any atom is -0.370 e. The van der Waals surface area contributed by atoms with E-state index in [1.807, 2.05) is 13.2 Å². The maximum Gasteiger partial charge on any atom is 0.268 e. The van der Waals surface area contributed by atoms with Gasteiger partial charge in [0.05, 0.1) is 11.9 Å². The van der Waals surface area contributed by atoms with Crippen molar-refractivity contribution < 1.29 is 0 Å². The average molecular weight is 292 g/mol. The zero-order chi connectivity index (χ0) is 15.1. The summed E-state index contributed by atoms with van der Waals surface area (Å²) in [4.78, 5) is 14.4. The molecule has 1 aromatic rings. The third-order valence-corrected chi connectivity index (χ3v) is 4.33. The molecule has 0 radical (unpaired) electrons. The second kappa shape index (κ2) is 8.17. The van der Waals surface area contributed by atoms with Gasteiger partial charge in [0.25, 0.3) is 5.56 Å². The fourth-order valence-electron chi connectivity index (χ4n) is 2.77. The van der Waals surface area contributed by atoms with Crippen molar-refractivity contribution in [3.8, 4) is 0 Å². The lowest BCUT2D eigenvalue weighted by Gasteiger charge is -2.28. The molecule has 1 N–H and O–H groups in total. The molecule has 2 rings (SSSR count). The molecule has 1 fully saturated rings. The number of piperidine rings is 1. The molecule has 1 saturated heterocycles. The molecule has 5 nitrogen and oxygen atoms in total. The van der Waals surface area contributed by atoms with Crippen molar-refractivity contribution in [2.75, 3.05) is 25.0 Å². The van der Waals surface area contributed by atoms with Crippen molar-refractivity contribution >= 4 is 5.69 Å². The van der Waals surface area contributed by atoms with Crippen LogP contribution in [0, 0.1) is 0 Å². The van der Waals surface area contributed by atoms with Gasteiger partial charge in [0.2, 0.25) is 0 Å². The molecule has 1 aliphatic rings. The van der Waals surface area contributed by atoms with Gasteiger partial charge in [-0.3, -0.25) is 4.79 Å². The molecule has 0 amide bonds. The van der Waals surface area contributed by atoms with E-state index in [4.69, 9.17) is 0 Å². The maximum absolute atomic E-state index is 12.1. The minimum atomic E-state index is 0.0275. The number of aromatic nitrogens is 2. The first-order chi connectivity index (χ1) is 10.2. The topological polar surface area (TPSA) is 50.2 Å². The Morgan fingerprint density at radius 2 is 2.05 bits per heavy atom. The van der Waals surface area contributed by atoms with Gasteiger partial charge in [0, 0.05) is 31.7 Å². The Morgan fingerprint density at radius 1 is 1.29 bits per heavy atom. The summed E-state index contributed by atoms with van der Waals surface area (Å²) in [5.41, 5.74) is 1.01. The molecule has 5 heteroatoms. The Bertz CT molecular complexity index is 479. The van der Waals surface area contributed by atoms with E-state index in [9.17, 15) is 4.79 Å². The van der Waals surface area contributed by atoms with Crippen LogP contribution in [0.25, 0.3) is 0 Å². The molecular weight excluding hydrogens is 264 g/mol. The van der Waals surface area contributed by atoms with Crippen molar-refractivity contribution in [1.29, 1.82) is 0 Å². The average Bonchev–Trinajstić information content (AvgIpc) is 2.53. The van der Waals surface area contributed by atoms with E-state index < -0.39 is 0 Å². The van der Waals surface area contributed by atoms with Crippen molar-refractivity contribution in [1.82, 2.24) is 15.1 Å². The van der Waals surface area contributed by atoms with E-state index in [2.05, 4.69) is 22.2 Å². The Hall–Kier alpha value is -1.36. The van der Waals surface area contributed by atoms with Gasteiger partial charge in [-0.05, 0) is 46.1 Å². The summed E-state index contributed by atoms with van der Waals surface area (Å²) in [7, 11) is 1.98. The Labute approximate surface area is 127 Å². The molecule has 1 unspecified atom stereocenters. The van der Waals surface area contributed by atoms with E-state index in [0.717, 1.165) is 44.6 Å². The van der Waals surface area contributed by atoms with E-state index in [1.54, 1.807) is 10.7 Å². The number of hydrogen-bond donors (Lipinski definition) is 1. The fraction of sp³-hybridized carbons (Fsp3) is 0.750. The number of rotatable bonds is 7. The Kier molecular flexibility index (Phi) is 6.23. The van der Waals surface area contributed by atoms with Gasteiger partial charge in [-0.1, -0.05) is 6.42 Å². The standard InChI is InChI=1S/C16H28N4O/c1-14(17-2)8-4-7-11-20-16(21)12-15(13-18-20)19-9-5-3-6-10-19/h12-14,17H,3-11H2,1-2H3. The summed E-state index contributed by atoms with van der Waals surface area (Å²) < 4.78 is 1.59. The minimum absolute atomic E-state index is 0.0275. The molecule has 0 spiro atoms. The number of nitrogens with zero attached hydrogens (tertiary/aromatic N) is 3. The maximum atomic E-state index is 12.1. The number of aryl methyl sites for hydroxylation is 1. The number of nitrogens with one attached hydrogen (secondary N) is 1. The van der Waals surface area contributed by atoms with Gasteiger partial charge >= 0.3 is 0 Å². The highest BCUT2D eigenvalue weighted by Gasteiger charge is 2.12. The number of anilines is 1. The number of unbranched alkanes of at least 4 members (excludes halogenated alkanes) is 1. The Morgan fingerprint density at radius 3 is 2.71 bits per heavy atom. The van der Waals surface area contributed by atoms with Crippen LogP contribution in [-0.4, -0.2) is 36.0 Å². The summed E-state index contributed by atoms with van der Waals surface area (Å²) in [5, 5.41) is 7.57. The van der Waals surface area contributed by atoms with Crippen LogP contribution in [-0.2, 0) is 6.54 Å². The highest BCUT2D eigenvalue weighted by Crippen LogP contribution is 2.16. The van der Waals surface area contributed by atoms with E-state index in [1.165, 1.54) is 19.3 Å². The van der Waals surface area contributed by atoms with E-state index in [-0.39, 0.29) is 5.56 Å². The lowest BCUT2D eigenvalue weighted by molar-refractivity contribution is 0.479. The first kappa shape index (κ1) is 16.0. The second-order valence-corrected chi connectivity index (χ2v) is 6.01. The lowest BCUT2D eigenvalue weighted by Crippen LogP contribution is -2.32. The van der Waals surface area contributed by atoms with Crippen LogP contribution in [0.3, 0.4) is 0 Å². The Balaban J connectivity index is 1.85. The van der Waals surface area contributed by atoms with E-state index in [0.29, 0.717) is 6.04 Å². The van der Waals surface area contributed by atoms with Crippen molar-refractivity contribution in [2.24, 2.45) is 0 Å². The molecule has 0 aromatic carbocycles. The summed E-state index contributed by atoms with van der Waals surface area (Å²) in [6, 6.07) is 2.28. The molecule has 0 saturated carbocycles. The zero-order valence-corrected chi connectivity index (χ0v) is 13.3. The quantitative estimate of drug-likeness (QED) is 0.781. The van der Waals surface area contributed by atoms with Gasteiger partial charge in [0.1, 0.15) is 0 Å². The summed E-state index contributed by atoms with van der Waals surface area (Å²) in [6.07, 6.45) is 8.83. The van der Waals surface area contributed by atoms with Gasteiger partial charge in [-0.15, -0.1) is 0 Å². The van der Waals surface area contributed by atoms with Crippen LogP contribution in [0.1, 0.15) is 45.4 Å². The monoisotopic (exact) mass is 292 g/mol.